The van der Waals surface area contributed by atoms with Crippen LogP contribution in [0.3, 0.4) is 0 Å². The monoisotopic (exact) mass is 376 g/mol. The molecule has 1 aliphatic heterocycles. The fourth-order valence-electron chi connectivity index (χ4n) is 3.15. The molecule has 1 atom stereocenters. The number of rotatable bonds is 8. The molecule has 0 spiro atoms. The summed E-state index contributed by atoms with van der Waals surface area (Å²) in [5.41, 5.74) is 0.862. The lowest BCUT2D eigenvalue weighted by Crippen LogP contribution is -2.35. The number of ketones is 1. The third-order valence-electron chi connectivity index (χ3n) is 4.70. The van der Waals surface area contributed by atoms with Crippen molar-refractivity contribution in [3.63, 3.8) is 0 Å². The van der Waals surface area contributed by atoms with Crippen LogP contribution in [0.5, 0.6) is 5.75 Å². The second-order valence-corrected chi connectivity index (χ2v) is 6.70. The number of para-hydroxylation sites is 1. The third kappa shape index (κ3) is 5.32. The molecule has 0 bridgehead atoms. The van der Waals surface area contributed by atoms with Crippen molar-refractivity contribution in [3.8, 4) is 5.75 Å². The lowest BCUT2D eigenvalue weighted by molar-refractivity contribution is -0.157. The van der Waals surface area contributed by atoms with E-state index in [2.05, 4.69) is 0 Å². The largest absolute Gasteiger partial charge is 0.535 e. The van der Waals surface area contributed by atoms with Crippen LogP contribution < -0.4 is 4.65 Å². The summed E-state index contributed by atoms with van der Waals surface area (Å²) in [4.78, 5) is 35.5. The summed E-state index contributed by atoms with van der Waals surface area (Å²) in [6, 6.07) is 4.97. The molecule has 0 fully saturated rings. The van der Waals surface area contributed by atoms with Crippen molar-refractivity contribution >= 4 is 24.8 Å². The highest BCUT2D eigenvalue weighted by atomic mass is 16.7. The minimum atomic E-state index is -1.18. The van der Waals surface area contributed by atoms with Crippen molar-refractivity contribution < 1.29 is 33.5 Å². The van der Waals surface area contributed by atoms with Crippen LogP contribution in [0, 0.1) is 5.92 Å². The molecule has 0 saturated heterocycles. The smallest absolute Gasteiger partial charge is 0.526 e. The second kappa shape index (κ2) is 9.55. The van der Waals surface area contributed by atoms with Crippen LogP contribution in [0.1, 0.15) is 56.0 Å². The van der Waals surface area contributed by atoms with Crippen molar-refractivity contribution in [3.05, 3.63) is 29.3 Å². The minimum Gasteiger partial charge on any atom is -0.535 e. The van der Waals surface area contributed by atoms with Gasteiger partial charge in [-0.3, -0.25) is 4.79 Å². The molecule has 0 aromatic heterocycles. The average Bonchev–Trinajstić information content (AvgIpc) is 2.62. The van der Waals surface area contributed by atoms with E-state index in [1.54, 1.807) is 12.1 Å². The maximum atomic E-state index is 12.3. The van der Waals surface area contributed by atoms with Crippen LogP contribution in [0.4, 0.5) is 0 Å². The highest BCUT2D eigenvalue weighted by molar-refractivity contribution is 6.46. The Balaban J connectivity index is 2.02. The Bertz CT molecular complexity index is 699. The lowest BCUT2D eigenvalue weighted by atomic mass is 9.64. The molecule has 0 aliphatic carbocycles. The molecular formula is C19H25BO7. The maximum Gasteiger partial charge on any atom is 0.526 e. The predicted octanol–water partition coefficient (Wildman–Crippen LogP) is 2.55. The van der Waals surface area contributed by atoms with E-state index in [1.165, 1.54) is 13.0 Å². The van der Waals surface area contributed by atoms with E-state index in [4.69, 9.17) is 14.1 Å². The van der Waals surface area contributed by atoms with Gasteiger partial charge in [-0.25, -0.2) is 4.79 Å². The molecule has 7 nitrogen and oxygen atoms in total. The summed E-state index contributed by atoms with van der Waals surface area (Å²) >= 11 is 0. The molecule has 8 heteroatoms. The first-order chi connectivity index (χ1) is 12.9. The van der Waals surface area contributed by atoms with Gasteiger partial charge in [0.2, 0.25) is 6.79 Å². The van der Waals surface area contributed by atoms with Crippen molar-refractivity contribution in [1.82, 2.24) is 0 Å². The topological polar surface area (TPSA) is 99.1 Å². The van der Waals surface area contributed by atoms with Gasteiger partial charge in [-0.2, -0.15) is 0 Å². The number of fused-ring (bicyclic) bond motifs is 1. The number of hydrogen-bond acceptors (Lipinski definition) is 7. The molecule has 2 rings (SSSR count). The van der Waals surface area contributed by atoms with Crippen molar-refractivity contribution in [2.24, 2.45) is 5.92 Å². The van der Waals surface area contributed by atoms with Gasteiger partial charge in [0, 0.05) is 12.2 Å². The standard InChI is InChI=1S/C19H25BO7/c1-4-13(5-2)18(22)25-11-26-19(23)16-8-6-7-14-10-15(9-12(3)21)20(24)27-17(14)16/h6-8,13,15,24H,4-5,9-11H2,1-3H3/t15-/m0/s1. The Morgan fingerprint density at radius 1 is 1.26 bits per heavy atom. The summed E-state index contributed by atoms with van der Waals surface area (Å²) in [5, 5.41) is 10.1. The Hall–Kier alpha value is -2.35. The van der Waals surface area contributed by atoms with E-state index < -0.39 is 25.8 Å². The van der Waals surface area contributed by atoms with E-state index >= 15 is 0 Å². The van der Waals surface area contributed by atoms with Crippen molar-refractivity contribution in [1.29, 1.82) is 0 Å². The molecule has 0 saturated carbocycles. The lowest BCUT2D eigenvalue weighted by Gasteiger charge is -2.28. The van der Waals surface area contributed by atoms with Crippen molar-refractivity contribution in [2.45, 2.75) is 52.3 Å². The van der Waals surface area contributed by atoms with Crippen molar-refractivity contribution in [2.75, 3.05) is 6.79 Å². The van der Waals surface area contributed by atoms with E-state index in [0.717, 1.165) is 5.56 Å². The zero-order chi connectivity index (χ0) is 20.0. The summed E-state index contributed by atoms with van der Waals surface area (Å²) in [6.45, 7) is 4.76. The van der Waals surface area contributed by atoms with E-state index in [0.29, 0.717) is 19.3 Å². The number of hydrogen-bond donors (Lipinski definition) is 1. The van der Waals surface area contributed by atoms with Crippen LogP contribution >= 0.6 is 0 Å². The molecule has 27 heavy (non-hydrogen) atoms. The van der Waals surface area contributed by atoms with Crippen LogP contribution in [0.15, 0.2) is 18.2 Å². The number of Topliss-reactive ketones (excluding diaryl/α,β-unsaturated/α-hetero) is 1. The van der Waals surface area contributed by atoms with Crippen LogP contribution in [0.2, 0.25) is 5.82 Å². The third-order valence-corrected chi connectivity index (χ3v) is 4.70. The van der Waals surface area contributed by atoms with Crippen LogP contribution in [-0.4, -0.2) is 36.7 Å². The average molecular weight is 376 g/mol. The molecule has 0 amide bonds. The molecule has 0 radical (unpaired) electrons. The highest BCUT2D eigenvalue weighted by Gasteiger charge is 2.37. The molecular weight excluding hydrogens is 351 g/mol. The summed E-state index contributed by atoms with van der Waals surface area (Å²) < 4.78 is 15.5. The van der Waals surface area contributed by atoms with E-state index in [9.17, 15) is 19.4 Å². The first-order valence-corrected chi connectivity index (χ1v) is 9.17. The normalized spacial score (nSPS) is 15.7. The molecule has 146 valence electrons. The second-order valence-electron chi connectivity index (χ2n) is 6.70. The van der Waals surface area contributed by atoms with Gasteiger partial charge in [-0.15, -0.1) is 0 Å². The predicted molar refractivity (Wildman–Crippen MR) is 98.2 cm³/mol. The molecule has 1 aliphatic rings. The number of ether oxygens (including phenoxy) is 2. The SMILES string of the molecule is CCC(CC)C(=O)OCOC(=O)c1cccc2c1OB(O)[C@@H](CC(C)=O)C2. The summed E-state index contributed by atoms with van der Waals surface area (Å²) in [6.07, 6.45) is 1.92. The number of benzene rings is 1. The van der Waals surface area contributed by atoms with Gasteiger partial charge >= 0.3 is 19.1 Å². The van der Waals surface area contributed by atoms with Crippen LogP contribution in [0.25, 0.3) is 0 Å². The Morgan fingerprint density at radius 3 is 2.59 bits per heavy atom. The molecule has 0 unspecified atom stereocenters. The maximum absolute atomic E-state index is 12.3. The first kappa shape index (κ1) is 21.0. The fourth-order valence-corrected chi connectivity index (χ4v) is 3.15. The zero-order valence-corrected chi connectivity index (χ0v) is 15.9. The van der Waals surface area contributed by atoms with Gasteiger partial charge in [0.15, 0.2) is 0 Å². The Morgan fingerprint density at radius 2 is 1.96 bits per heavy atom. The van der Waals surface area contributed by atoms with E-state index in [-0.39, 0.29) is 35.3 Å². The number of esters is 2. The summed E-state index contributed by atoms with van der Waals surface area (Å²) in [7, 11) is -1.18. The molecule has 1 aromatic carbocycles. The number of carbonyl (C=O) groups excluding carboxylic acids is 3. The van der Waals surface area contributed by atoms with Gasteiger partial charge in [0.25, 0.3) is 0 Å². The highest BCUT2D eigenvalue weighted by Crippen LogP contribution is 2.36. The van der Waals surface area contributed by atoms with Gasteiger partial charge in [0.1, 0.15) is 17.1 Å². The molecule has 1 aromatic rings. The first-order valence-electron chi connectivity index (χ1n) is 9.17. The fraction of sp³-hybridized carbons (Fsp3) is 0.526. The summed E-state index contributed by atoms with van der Waals surface area (Å²) in [5.74, 6) is -1.49. The Kier molecular flexibility index (Phi) is 7.41. The van der Waals surface area contributed by atoms with Crippen LogP contribution in [-0.2, 0) is 25.5 Å². The minimum absolute atomic E-state index is 0.0408. The number of carbonyl (C=O) groups is 3. The van der Waals surface area contributed by atoms with Gasteiger partial charge in [0.05, 0.1) is 5.92 Å². The molecule has 1 heterocycles. The Labute approximate surface area is 159 Å². The van der Waals surface area contributed by atoms with Gasteiger partial charge in [-0.1, -0.05) is 26.0 Å². The zero-order valence-electron chi connectivity index (χ0n) is 15.9. The quantitative estimate of drug-likeness (QED) is 0.423. The molecule has 1 N–H and O–H groups in total. The van der Waals surface area contributed by atoms with E-state index in [1.807, 2.05) is 13.8 Å². The van der Waals surface area contributed by atoms with Gasteiger partial charge in [-0.05, 0) is 37.8 Å². The van der Waals surface area contributed by atoms with Gasteiger partial charge < -0.3 is 23.9 Å².